The number of aliphatic hydroxyl groups is 1. The molecule has 1 saturated heterocycles. The fraction of sp³-hybridized carbons (Fsp3) is 0.852. The van der Waals surface area contributed by atoms with E-state index in [1.54, 1.807) is 48.1 Å². The fourth-order valence-electron chi connectivity index (χ4n) is 4.03. The van der Waals surface area contributed by atoms with E-state index in [2.05, 4.69) is 31.5 Å². The predicted octanol–water partition coefficient (Wildman–Crippen LogP) is 1.37. The van der Waals surface area contributed by atoms with Crippen LogP contribution in [0, 0.1) is 0 Å². The average molecular weight is 684 g/mol. The number of rotatable bonds is 27. The van der Waals surface area contributed by atoms with Crippen molar-refractivity contribution in [1.82, 2.24) is 36.4 Å². The summed E-state index contributed by atoms with van der Waals surface area (Å²) in [7, 11) is 6.58. The normalized spacial score (nSPS) is 13.1. The molecule has 5 amide bonds. The van der Waals surface area contributed by atoms with Crippen molar-refractivity contribution in [2.75, 3.05) is 102 Å². The van der Waals surface area contributed by atoms with Crippen LogP contribution in [0.25, 0.3) is 0 Å². The van der Waals surface area contributed by atoms with E-state index in [0.717, 1.165) is 42.5 Å². The highest BCUT2D eigenvalue weighted by molar-refractivity contribution is 8.77. The van der Waals surface area contributed by atoms with Gasteiger partial charge >= 0.3 is 6.03 Å². The van der Waals surface area contributed by atoms with E-state index < -0.39 is 0 Å². The largest absolute Gasteiger partial charge is 0.396 e. The summed E-state index contributed by atoms with van der Waals surface area (Å²) in [5.74, 6) is 2.98. The molecule has 0 aromatic rings. The Morgan fingerprint density at radius 3 is 1.84 bits per heavy atom. The Balaban J connectivity index is 1.98. The Hall–Kier alpha value is -1.04. The standard InChI is InChI=1S/C27H53N7O5S4/c1-24(36)29-10-20-40-43-23-13-32-27(39)34(17-5-19-35)18-7-26(38)31-12-22-42-41-21-11-30-25(37)6-9-28-8-4-16-33-14-2-3-15-33/h28,35H,2-23H2,1H3,(H,29,36)(H,30,37)(H,31,38)(H,32,39). The molecule has 0 saturated carbocycles. The van der Waals surface area contributed by atoms with Gasteiger partial charge in [-0.2, -0.15) is 0 Å². The lowest BCUT2D eigenvalue weighted by Crippen LogP contribution is -2.43. The topological polar surface area (TPSA) is 155 Å². The highest BCUT2D eigenvalue weighted by Crippen LogP contribution is 2.20. The third-order valence-electron chi connectivity index (χ3n) is 6.24. The molecule has 0 aromatic carbocycles. The zero-order chi connectivity index (χ0) is 31.4. The molecule has 1 aliphatic rings. The second-order valence-corrected chi connectivity index (χ2v) is 15.3. The Morgan fingerprint density at radius 2 is 1.26 bits per heavy atom. The van der Waals surface area contributed by atoms with Gasteiger partial charge in [-0.15, -0.1) is 0 Å². The molecule has 12 nitrogen and oxygen atoms in total. The average Bonchev–Trinajstić information content (AvgIpc) is 3.51. The first-order valence-corrected chi connectivity index (χ1v) is 20.2. The second-order valence-electron chi connectivity index (χ2n) is 9.92. The number of urea groups is 1. The third-order valence-corrected chi connectivity index (χ3v) is 11.1. The molecule has 0 aliphatic carbocycles. The number of hydrogen-bond donors (Lipinski definition) is 6. The van der Waals surface area contributed by atoms with E-state index in [1.165, 1.54) is 32.9 Å². The molecule has 1 heterocycles. The summed E-state index contributed by atoms with van der Waals surface area (Å²) in [4.78, 5) is 51.7. The summed E-state index contributed by atoms with van der Waals surface area (Å²) in [5.41, 5.74) is 0. The molecule has 0 radical (unpaired) electrons. The van der Waals surface area contributed by atoms with Crippen LogP contribution in [0.5, 0.6) is 0 Å². The highest BCUT2D eigenvalue weighted by atomic mass is 33.1. The van der Waals surface area contributed by atoms with Crippen LogP contribution < -0.4 is 26.6 Å². The first-order chi connectivity index (χ1) is 20.9. The van der Waals surface area contributed by atoms with Crippen molar-refractivity contribution in [3.8, 4) is 0 Å². The SMILES string of the molecule is CC(=O)NCCSSCCNC(=O)N(CCCO)CCC(=O)NCCSSCCNC(=O)CCNCCCN1CCCC1. The number of aliphatic hydroxyl groups excluding tert-OH is 1. The van der Waals surface area contributed by atoms with Crippen LogP contribution in [0.2, 0.25) is 0 Å². The first kappa shape index (κ1) is 40.0. The maximum atomic E-state index is 12.5. The van der Waals surface area contributed by atoms with Gasteiger partial charge in [0.15, 0.2) is 0 Å². The van der Waals surface area contributed by atoms with Crippen molar-refractivity contribution in [3.63, 3.8) is 0 Å². The van der Waals surface area contributed by atoms with Gasteiger partial charge in [0.05, 0.1) is 0 Å². The van der Waals surface area contributed by atoms with E-state index in [-0.39, 0.29) is 43.3 Å². The van der Waals surface area contributed by atoms with Crippen molar-refractivity contribution >= 4 is 66.9 Å². The number of likely N-dealkylation sites (tertiary alicyclic amines) is 1. The van der Waals surface area contributed by atoms with Gasteiger partial charge in [0.2, 0.25) is 17.7 Å². The van der Waals surface area contributed by atoms with Crippen LogP contribution >= 0.6 is 43.2 Å². The van der Waals surface area contributed by atoms with Crippen LogP contribution in [0.4, 0.5) is 4.79 Å². The van der Waals surface area contributed by atoms with Gasteiger partial charge in [0.1, 0.15) is 0 Å². The molecule has 1 fully saturated rings. The van der Waals surface area contributed by atoms with Crippen LogP contribution in [-0.4, -0.2) is 140 Å². The molecule has 0 bridgehead atoms. The fourth-order valence-corrected chi connectivity index (χ4v) is 7.66. The van der Waals surface area contributed by atoms with Crippen molar-refractivity contribution < 1.29 is 24.3 Å². The molecule has 250 valence electrons. The van der Waals surface area contributed by atoms with E-state index in [0.29, 0.717) is 52.1 Å². The van der Waals surface area contributed by atoms with Gasteiger partial charge in [-0.25, -0.2) is 4.79 Å². The minimum atomic E-state index is -0.242. The molecule has 0 aromatic heterocycles. The Bertz CT molecular complexity index is 767. The van der Waals surface area contributed by atoms with Crippen molar-refractivity contribution in [2.24, 2.45) is 0 Å². The molecule has 0 unspecified atom stereocenters. The summed E-state index contributed by atoms with van der Waals surface area (Å²) in [6, 6.07) is -0.242. The van der Waals surface area contributed by atoms with Gasteiger partial charge < -0.3 is 41.5 Å². The van der Waals surface area contributed by atoms with Crippen LogP contribution in [0.15, 0.2) is 0 Å². The van der Waals surface area contributed by atoms with Gasteiger partial charge in [-0.1, -0.05) is 43.2 Å². The number of hydrogen-bond acceptors (Lipinski definition) is 11. The molecule has 1 aliphatic heterocycles. The number of nitrogens with one attached hydrogen (secondary N) is 5. The summed E-state index contributed by atoms with van der Waals surface area (Å²) in [6.45, 7) is 9.66. The van der Waals surface area contributed by atoms with E-state index >= 15 is 0 Å². The van der Waals surface area contributed by atoms with Crippen molar-refractivity contribution in [3.05, 3.63) is 0 Å². The monoisotopic (exact) mass is 683 g/mol. The Labute approximate surface area is 273 Å². The summed E-state index contributed by atoms with van der Waals surface area (Å²) in [6.07, 6.45) is 4.91. The first-order valence-electron chi connectivity index (χ1n) is 15.3. The minimum Gasteiger partial charge on any atom is -0.396 e. The number of nitrogens with zero attached hydrogens (tertiary/aromatic N) is 2. The third kappa shape index (κ3) is 24.9. The van der Waals surface area contributed by atoms with Gasteiger partial charge in [0.25, 0.3) is 0 Å². The highest BCUT2D eigenvalue weighted by Gasteiger charge is 2.14. The molecule has 0 spiro atoms. The van der Waals surface area contributed by atoms with E-state index in [9.17, 15) is 19.2 Å². The van der Waals surface area contributed by atoms with Crippen molar-refractivity contribution in [2.45, 2.75) is 45.4 Å². The van der Waals surface area contributed by atoms with Gasteiger partial charge in [-0.3, -0.25) is 14.4 Å². The smallest absolute Gasteiger partial charge is 0.317 e. The Morgan fingerprint density at radius 1 is 0.698 bits per heavy atom. The molecular weight excluding hydrogens is 631 g/mol. The van der Waals surface area contributed by atoms with Crippen molar-refractivity contribution in [1.29, 1.82) is 0 Å². The van der Waals surface area contributed by atoms with E-state index in [1.807, 2.05) is 0 Å². The van der Waals surface area contributed by atoms with Crippen LogP contribution in [0.1, 0.15) is 45.4 Å². The molecule has 0 atom stereocenters. The zero-order valence-corrected chi connectivity index (χ0v) is 28.9. The molecule has 43 heavy (non-hydrogen) atoms. The number of carbonyl (C=O) groups excluding carboxylic acids is 4. The molecular formula is C27H53N7O5S4. The van der Waals surface area contributed by atoms with Crippen LogP contribution in [-0.2, 0) is 14.4 Å². The molecule has 1 rings (SSSR count). The quantitative estimate of drug-likeness (QED) is 0.0550. The number of amides is 5. The van der Waals surface area contributed by atoms with Gasteiger partial charge in [0, 0.05) is 95.2 Å². The number of carbonyl (C=O) groups is 4. The maximum absolute atomic E-state index is 12.5. The summed E-state index contributed by atoms with van der Waals surface area (Å²) in [5, 5.41) is 24.0. The Kier molecular flexibility index (Phi) is 26.4. The second kappa shape index (κ2) is 28.4. The maximum Gasteiger partial charge on any atom is 0.317 e. The minimum absolute atomic E-state index is 0.0222. The zero-order valence-electron chi connectivity index (χ0n) is 25.7. The summed E-state index contributed by atoms with van der Waals surface area (Å²) < 4.78 is 0. The summed E-state index contributed by atoms with van der Waals surface area (Å²) >= 11 is 0. The lowest BCUT2D eigenvalue weighted by atomic mass is 10.3. The molecule has 16 heteroatoms. The van der Waals surface area contributed by atoms with E-state index in [4.69, 9.17) is 5.11 Å². The predicted molar refractivity (Wildman–Crippen MR) is 184 cm³/mol. The van der Waals surface area contributed by atoms with Gasteiger partial charge in [-0.05, 0) is 51.9 Å². The lowest BCUT2D eigenvalue weighted by Gasteiger charge is -2.22. The lowest BCUT2D eigenvalue weighted by molar-refractivity contribution is -0.121. The molecule has 6 N–H and O–H groups in total. The van der Waals surface area contributed by atoms with Crippen LogP contribution in [0.3, 0.4) is 0 Å².